The molecule has 1 aliphatic carbocycles. The maximum atomic E-state index is 14.1. The third kappa shape index (κ3) is 2.55. The number of benzene rings is 1. The summed E-state index contributed by atoms with van der Waals surface area (Å²) in [7, 11) is 0. The van der Waals surface area contributed by atoms with Gasteiger partial charge in [-0.05, 0) is 25.3 Å². The number of rotatable bonds is 3. The van der Waals surface area contributed by atoms with Crippen LogP contribution >= 0.6 is 0 Å². The molecule has 4 nitrogen and oxygen atoms in total. The molecule has 1 heterocycles. The van der Waals surface area contributed by atoms with E-state index in [-0.39, 0.29) is 11.7 Å². The molecule has 0 bridgehead atoms. The quantitative estimate of drug-likeness (QED) is 0.655. The average Bonchev–Trinajstić information content (AvgIpc) is 2.90. The normalized spacial score (nSPS) is 26.4. The Kier molecular flexibility index (Phi) is 3.72. The van der Waals surface area contributed by atoms with Gasteiger partial charge in [0.15, 0.2) is 0 Å². The van der Waals surface area contributed by atoms with Crippen LogP contribution in [0, 0.1) is 11.2 Å². The average molecular weight is 277 g/mol. The van der Waals surface area contributed by atoms with Gasteiger partial charge in [-0.15, -0.1) is 0 Å². The molecule has 1 aromatic rings. The molecule has 3 N–H and O–H groups in total. The van der Waals surface area contributed by atoms with Crippen LogP contribution in [0.3, 0.4) is 0 Å². The maximum Gasteiger partial charge on any atom is 0.128 e. The zero-order valence-corrected chi connectivity index (χ0v) is 11.4. The molecule has 0 radical (unpaired) electrons. The summed E-state index contributed by atoms with van der Waals surface area (Å²) < 4.78 is 19.9. The number of halogens is 1. The summed E-state index contributed by atoms with van der Waals surface area (Å²) in [5.74, 6) is -0.378. The molecule has 1 saturated heterocycles. The zero-order chi connectivity index (χ0) is 14.1. The Bertz CT molecular complexity index is 520. The smallest absolute Gasteiger partial charge is 0.128 e. The monoisotopic (exact) mass is 277 g/mol. The first-order chi connectivity index (χ1) is 9.65. The van der Waals surface area contributed by atoms with Crippen LogP contribution in [0.5, 0.6) is 0 Å². The minimum absolute atomic E-state index is 0.0994. The Hall–Kier alpha value is -1.46. The Labute approximate surface area is 118 Å². The van der Waals surface area contributed by atoms with Crippen molar-refractivity contribution in [2.24, 2.45) is 5.73 Å². The van der Waals surface area contributed by atoms with Crippen LogP contribution < -0.4 is 5.73 Å². The van der Waals surface area contributed by atoms with Crippen LogP contribution in [0.25, 0.3) is 0 Å². The highest BCUT2D eigenvalue weighted by Gasteiger charge is 2.36. The van der Waals surface area contributed by atoms with Crippen molar-refractivity contribution >= 4 is 5.84 Å². The number of fused-ring (bicyclic) bond motifs is 1. The number of nitrogens with two attached hydrogens (primary N) is 1. The van der Waals surface area contributed by atoms with Gasteiger partial charge in [0.1, 0.15) is 11.7 Å². The van der Waals surface area contributed by atoms with E-state index >= 15 is 0 Å². The second-order valence-corrected chi connectivity index (χ2v) is 5.60. The SMILES string of the molecule is N=C(N)c1ccc(CN2CCOC3CCCC32)c(F)c1. The van der Waals surface area contributed by atoms with Crippen LogP contribution in [0.1, 0.15) is 30.4 Å². The predicted molar refractivity (Wildman–Crippen MR) is 75.2 cm³/mol. The van der Waals surface area contributed by atoms with E-state index in [0.717, 1.165) is 26.0 Å². The molecule has 20 heavy (non-hydrogen) atoms. The van der Waals surface area contributed by atoms with Crippen molar-refractivity contribution in [2.45, 2.75) is 38.0 Å². The molecule has 1 saturated carbocycles. The lowest BCUT2D eigenvalue weighted by atomic mass is 10.1. The Morgan fingerprint density at radius 2 is 2.30 bits per heavy atom. The highest BCUT2D eigenvalue weighted by molar-refractivity contribution is 5.94. The third-order valence-electron chi connectivity index (χ3n) is 4.33. The van der Waals surface area contributed by atoms with Crippen molar-refractivity contribution in [1.82, 2.24) is 4.90 Å². The van der Waals surface area contributed by atoms with E-state index in [1.807, 2.05) is 0 Å². The highest BCUT2D eigenvalue weighted by atomic mass is 19.1. The van der Waals surface area contributed by atoms with Gasteiger partial charge in [-0.25, -0.2) is 4.39 Å². The van der Waals surface area contributed by atoms with E-state index in [4.69, 9.17) is 15.9 Å². The number of hydrogen-bond acceptors (Lipinski definition) is 3. The standard InChI is InChI=1S/C15H20FN3O/c16-12-8-10(15(17)18)4-5-11(12)9-19-6-7-20-14-3-1-2-13(14)19/h4-5,8,13-14H,1-3,6-7,9H2,(H3,17,18). The van der Waals surface area contributed by atoms with Gasteiger partial charge < -0.3 is 10.5 Å². The van der Waals surface area contributed by atoms with Gasteiger partial charge in [0.25, 0.3) is 0 Å². The lowest BCUT2D eigenvalue weighted by molar-refractivity contribution is -0.0591. The molecule has 2 unspecified atom stereocenters. The molecule has 1 aromatic carbocycles. The molecule has 2 aliphatic rings. The largest absolute Gasteiger partial charge is 0.384 e. The second-order valence-electron chi connectivity index (χ2n) is 5.60. The van der Waals surface area contributed by atoms with Crippen LogP contribution in [0.4, 0.5) is 4.39 Å². The number of nitrogen functional groups attached to an aromatic ring is 1. The van der Waals surface area contributed by atoms with E-state index in [2.05, 4.69) is 4.90 Å². The summed E-state index contributed by atoms with van der Waals surface area (Å²) in [4.78, 5) is 2.33. The molecular weight excluding hydrogens is 257 g/mol. The van der Waals surface area contributed by atoms with Gasteiger partial charge in [-0.1, -0.05) is 12.1 Å². The molecule has 108 valence electrons. The first-order valence-corrected chi connectivity index (χ1v) is 7.13. The summed E-state index contributed by atoms with van der Waals surface area (Å²) in [5, 5.41) is 7.34. The molecule has 3 rings (SSSR count). The van der Waals surface area contributed by atoms with Crippen molar-refractivity contribution in [3.05, 3.63) is 35.1 Å². The van der Waals surface area contributed by atoms with E-state index in [9.17, 15) is 4.39 Å². The Morgan fingerprint density at radius 3 is 3.05 bits per heavy atom. The lowest BCUT2D eigenvalue weighted by Gasteiger charge is -2.37. The highest BCUT2D eigenvalue weighted by Crippen LogP contribution is 2.30. The van der Waals surface area contributed by atoms with E-state index in [1.165, 1.54) is 12.5 Å². The second kappa shape index (κ2) is 5.50. The lowest BCUT2D eigenvalue weighted by Crippen LogP contribution is -2.47. The van der Waals surface area contributed by atoms with Gasteiger partial charge in [-0.3, -0.25) is 10.3 Å². The van der Waals surface area contributed by atoms with Gasteiger partial charge in [0.2, 0.25) is 0 Å². The maximum absolute atomic E-state index is 14.1. The Morgan fingerprint density at radius 1 is 1.45 bits per heavy atom. The van der Waals surface area contributed by atoms with Crippen molar-refractivity contribution in [2.75, 3.05) is 13.2 Å². The fourth-order valence-electron chi connectivity index (χ4n) is 3.26. The number of ether oxygens (including phenoxy) is 1. The Balaban J connectivity index is 1.75. The van der Waals surface area contributed by atoms with E-state index in [1.54, 1.807) is 12.1 Å². The van der Waals surface area contributed by atoms with E-state index < -0.39 is 0 Å². The molecule has 2 fully saturated rings. The minimum atomic E-state index is -0.279. The fraction of sp³-hybridized carbons (Fsp3) is 0.533. The number of hydrogen-bond donors (Lipinski definition) is 2. The first kappa shape index (κ1) is 13.5. The summed E-state index contributed by atoms with van der Waals surface area (Å²) in [5.41, 5.74) is 6.48. The summed E-state index contributed by atoms with van der Waals surface area (Å²) in [6.07, 6.45) is 3.77. The molecular formula is C15H20FN3O. The number of amidine groups is 1. The number of morpholine rings is 1. The minimum Gasteiger partial charge on any atom is -0.384 e. The van der Waals surface area contributed by atoms with Crippen molar-refractivity contribution in [3.63, 3.8) is 0 Å². The van der Waals surface area contributed by atoms with Crippen molar-refractivity contribution in [1.29, 1.82) is 5.41 Å². The molecule has 0 aromatic heterocycles. The van der Waals surface area contributed by atoms with Crippen molar-refractivity contribution < 1.29 is 9.13 Å². The topological polar surface area (TPSA) is 62.3 Å². The van der Waals surface area contributed by atoms with E-state index in [0.29, 0.717) is 29.8 Å². The van der Waals surface area contributed by atoms with Crippen molar-refractivity contribution in [3.8, 4) is 0 Å². The number of nitrogens with zero attached hydrogens (tertiary/aromatic N) is 1. The molecule has 2 atom stereocenters. The van der Waals surface area contributed by atoms with Crippen LogP contribution in [0.15, 0.2) is 18.2 Å². The fourth-order valence-corrected chi connectivity index (χ4v) is 3.26. The van der Waals surface area contributed by atoms with Gasteiger partial charge in [0, 0.05) is 30.3 Å². The van der Waals surface area contributed by atoms with Crippen LogP contribution in [-0.2, 0) is 11.3 Å². The summed E-state index contributed by atoms with van der Waals surface area (Å²) in [6.45, 7) is 2.19. The van der Waals surface area contributed by atoms with Gasteiger partial charge in [0.05, 0.1) is 12.7 Å². The molecule has 0 spiro atoms. The molecule has 1 aliphatic heterocycles. The summed E-state index contributed by atoms with van der Waals surface area (Å²) in [6, 6.07) is 5.24. The van der Waals surface area contributed by atoms with Crippen LogP contribution in [-0.4, -0.2) is 36.0 Å². The van der Waals surface area contributed by atoms with Gasteiger partial charge in [-0.2, -0.15) is 0 Å². The first-order valence-electron chi connectivity index (χ1n) is 7.13. The van der Waals surface area contributed by atoms with Crippen LogP contribution in [0.2, 0.25) is 0 Å². The predicted octanol–water partition coefficient (Wildman–Crippen LogP) is 1.86. The zero-order valence-electron chi connectivity index (χ0n) is 11.4. The molecule has 5 heteroatoms. The third-order valence-corrected chi connectivity index (χ3v) is 4.33. The van der Waals surface area contributed by atoms with Gasteiger partial charge >= 0.3 is 0 Å². The molecule has 0 amide bonds. The summed E-state index contributed by atoms with van der Waals surface area (Å²) >= 11 is 0. The number of nitrogens with one attached hydrogen (secondary N) is 1.